The van der Waals surface area contributed by atoms with Gasteiger partial charge in [-0.1, -0.05) is 20.8 Å². The predicted molar refractivity (Wildman–Crippen MR) is 109 cm³/mol. The van der Waals surface area contributed by atoms with Gasteiger partial charge in [-0.05, 0) is 61.5 Å². The Morgan fingerprint density at radius 2 is 2.00 bits per heavy atom. The standard InChI is InChI=1S/C21H29N3OS/c1-21(2,3)14-7-8-16-13(11-14)12-15-17(22)18(26-19(15)23-16)20(25)24-9-5-4-6-10-24/h12,14H,4-11,22H2,1-3H3. The van der Waals surface area contributed by atoms with E-state index < -0.39 is 0 Å². The van der Waals surface area contributed by atoms with Crippen LogP contribution >= 0.6 is 11.3 Å². The van der Waals surface area contributed by atoms with E-state index in [-0.39, 0.29) is 5.91 Å². The van der Waals surface area contributed by atoms with E-state index in [2.05, 4.69) is 26.8 Å². The van der Waals surface area contributed by atoms with E-state index in [4.69, 9.17) is 10.7 Å². The number of anilines is 1. The van der Waals surface area contributed by atoms with Crippen LogP contribution in [-0.4, -0.2) is 28.9 Å². The average molecular weight is 372 g/mol. The van der Waals surface area contributed by atoms with Crippen molar-refractivity contribution in [2.75, 3.05) is 18.8 Å². The Hall–Kier alpha value is -1.62. The zero-order valence-electron chi connectivity index (χ0n) is 16.1. The fourth-order valence-corrected chi connectivity index (χ4v) is 5.39. The third-order valence-electron chi connectivity index (χ3n) is 6.15. The second-order valence-electron chi connectivity index (χ2n) is 8.95. The first-order valence-corrected chi connectivity index (χ1v) is 10.7. The van der Waals surface area contributed by atoms with Crippen molar-refractivity contribution in [3.8, 4) is 0 Å². The molecule has 0 radical (unpaired) electrons. The molecule has 1 aliphatic carbocycles. The summed E-state index contributed by atoms with van der Waals surface area (Å²) in [6.07, 6.45) is 6.69. The van der Waals surface area contributed by atoms with Crippen molar-refractivity contribution in [2.24, 2.45) is 11.3 Å². The smallest absolute Gasteiger partial charge is 0.266 e. The quantitative estimate of drug-likeness (QED) is 0.793. The molecule has 0 spiro atoms. The van der Waals surface area contributed by atoms with Gasteiger partial charge in [0.2, 0.25) is 0 Å². The summed E-state index contributed by atoms with van der Waals surface area (Å²) in [5, 5.41) is 0.976. The Balaban J connectivity index is 1.69. The number of pyridine rings is 1. The Bertz CT molecular complexity index is 843. The van der Waals surface area contributed by atoms with E-state index >= 15 is 0 Å². The number of amides is 1. The van der Waals surface area contributed by atoms with Crippen LogP contribution in [0.25, 0.3) is 10.2 Å². The van der Waals surface area contributed by atoms with Gasteiger partial charge in [0.05, 0.1) is 5.69 Å². The van der Waals surface area contributed by atoms with Crippen molar-refractivity contribution in [1.29, 1.82) is 0 Å². The zero-order chi connectivity index (χ0) is 18.5. The van der Waals surface area contributed by atoms with Crippen molar-refractivity contribution in [1.82, 2.24) is 9.88 Å². The number of carbonyl (C=O) groups excluding carboxylic acids is 1. The second kappa shape index (κ2) is 6.52. The van der Waals surface area contributed by atoms with Crippen LogP contribution in [0, 0.1) is 11.3 Å². The van der Waals surface area contributed by atoms with Crippen molar-refractivity contribution in [3.63, 3.8) is 0 Å². The molecule has 3 heterocycles. The minimum atomic E-state index is 0.0933. The lowest BCUT2D eigenvalue weighted by Gasteiger charge is -2.34. The molecule has 0 bridgehead atoms. The molecule has 2 aliphatic rings. The van der Waals surface area contributed by atoms with Crippen molar-refractivity contribution in [2.45, 2.75) is 59.3 Å². The largest absolute Gasteiger partial charge is 0.397 e. The number of thiophene rings is 1. The molecule has 2 aromatic heterocycles. The van der Waals surface area contributed by atoms with Crippen LogP contribution in [0.4, 0.5) is 5.69 Å². The van der Waals surface area contributed by atoms with E-state index in [9.17, 15) is 4.79 Å². The molecule has 5 heteroatoms. The number of rotatable bonds is 1. The maximum absolute atomic E-state index is 12.9. The van der Waals surface area contributed by atoms with Gasteiger partial charge in [0.15, 0.2) is 0 Å². The average Bonchev–Trinajstić information content (AvgIpc) is 2.94. The molecule has 1 fully saturated rings. The lowest BCUT2D eigenvalue weighted by atomic mass is 9.71. The zero-order valence-corrected chi connectivity index (χ0v) is 16.9. The Morgan fingerprint density at radius 1 is 1.27 bits per heavy atom. The number of likely N-dealkylation sites (tertiary alicyclic amines) is 1. The third-order valence-corrected chi connectivity index (χ3v) is 7.25. The number of aryl methyl sites for hydroxylation is 1. The Kier molecular flexibility index (Phi) is 4.46. The molecule has 2 aromatic rings. The number of hydrogen-bond donors (Lipinski definition) is 1. The number of nitrogens with two attached hydrogens (primary N) is 1. The summed E-state index contributed by atoms with van der Waals surface area (Å²) in [4.78, 5) is 21.4. The monoisotopic (exact) mass is 371 g/mol. The number of nitrogen functional groups attached to an aromatic ring is 1. The topological polar surface area (TPSA) is 59.2 Å². The van der Waals surface area contributed by atoms with Gasteiger partial charge in [0, 0.05) is 24.2 Å². The first-order chi connectivity index (χ1) is 12.3. The van der Waals surface area contributed by atoms with Gasteiger partial charge in [0.1, 0.15) is 9.71 Å². The fraction of sp³-hybridized carbons (Fsp3) is 0.619. The Morgan fingerprint density at radius 3 is 2.69 bits per heavy atom. The first kappa shape index (κ1) is 17.8. The molecular weight excluding hydrogens is 342 g/mol. The molecule has 140 valence electrons. The second-order valence-corrected chi connectivity index (χ2v) is 9.95. The number of hydrogen-bond acceptors (Lipinski definition) is 4. The van der Waals surface area contributed by atoms with Gasteiger partial charge < -0.3 is 10.6 Å². The highest BCUT2D eigenvalue weighted by atomic mass is 32.1. The number of fused-ring (bicyclic) bond motifs is 2. The molecule has 0 aromatic carbocycles. The molecule has 4 rings (SSSR count). The highest BCUT2D eigenvalue weighted by molar-refractivity contribution is 7.21. The summed E-state index contributed by atoms with van der Waals surface area (Å²) in [5.41, 5.74) is 9.89. The van der Waals surface area contributed by atoms with Gasteiger partial charge in [-0.25, -0.2) is 4.98 Å². The van der Waals surface area contributed by atoms with E-state index in [0.29, 0.717) is 21.9 Å². The molecule has 1 unspecified atom stereocenters. The molecule has 1 saturated heterocycles. The van der Waals surface area contributed by atoms with Crippen LogP contribution < -0.4 is 5.73 Å². The Labute approximate surface area is 159 Å². The molecule has 0 saturated carbocycles. The van der Waals surface area contributed by atoms with Crippen LogP contribution in [0.3, 0.4) is 0 Å². The number of carbonyl (C=O) groups is 1. The summed E-state index contributed by atoms with van der Waals surface area (Å²) in [7, 11) is 0. The van der Waals surface area contributed by atoms with Gasteiger partial charge in [0.25, 0.3) is 5.91 Å². The molecule has 1 aliphatic heterocycles. The summed E-state index contributed by atoms with van der Waals surface area (Å²) < 4.78 is 0. The van der Waals surface area contributed by atoms with Crippen molar-refractivity contribution in [3.05, 3.63) is 22.2 Å². The number of piperidine rings is 1. The molecule has 1 amide bonds. The van der Waals surface area contributed by atoms with Crippen LogP contribution in [0.2, 0.25) is 0 Å². The molecule has 1 atom stereocenters. The third kappa shape index (κ3) is 3.11. The van der Waals surface area contributed by atoms with Gasteiger partial charge in [-0.3, -0.25) is 4.79 Å². The first-order valence-electron chi connectivity index (χ1n) is 9.84. The van der Waals surface area contributed by atoms with Crippen LogP contribution in [0.5, 0.6) is 0 Å². The summed E-state index contributed by atoms with van der Waals surface area (Å²) >= 11 is 1.48. The van der Waals surface area contributed by atoms with Crippen molar-refractivity contribution < 1.29 is 4.79 Å². The summed E-state index contributed by atoms with van der Waals surface area (Å²) in [5.74, 6) is 0.763. The van der Waals surface area contributed by atoms with Gasteiger partial charge in [-0.15, -0.1) is 11.3 Å². The summed E-state index contributed by atoms with van der Waals surface area (Å²) in [6.45, 7) is 8.67. The van der Waals surface area contributed by atoms with Crippen LogP contribution in [0.1, 0.15) is 67.4 Å². The predicted octanol–water partition coefficient (Wildman–Crippen LogP) is 4.66. The number of aromatic nitrogens is 1. The molecule has 26 heavy (non-hydrogen) atoms. The van der Waals surface area contributed by atoms with E-state index in [0.717, 1.165) is 49.0 Å². The SMILES string of the molecule is CC(C)(C)C1CCc2nc3sc(C(=O)N4CCCCC4)c(N)c3cc2C1. The van der Waals surface area contributed by atoms with Gasteiger partial charge >= 0.3 is 0 Å². The van der Waals surface area contributed by atoms with Crippen LogP contribution in [0.15, 0.2) is 6.07 Å². The fourth-order valence-electron chi connectivity index (χ4n) is 4.33. The lowest BCUT2D eigenvalue weighted by molar-refractivity contribution is 0.0730. The minimum Gasteiger partial charge on any atom is -0.397 e. The molecular formula is C21H29N3OS. The highest BCUT2D eigenvalue weighted by Gasteiger charge is 2.30. The van der Waals surface area contributed by atoms with E-state index in [1.165, 1.54) is 35.4 Å². The highest BCUT2D eigenvalue weighted by Crippen LogP contribution is 2.40. The lowest BCUT2D eigenvalue weighted by Crippen LogP contribution is -2.35. The van der Waals surface area contributed by atoms with E-state index in [1.54, 1.807) is 0 Å². The number of nitrogens with zero attached hydrogens (tertiary/aromatic N) is 2. The maximum Gasteiger partial charge on any atom is 0.266 e. The van der Waals surface area contributed by atoms with E-state index in [1.807, 2.05) is 4.90 Å². The summed E-state index contributed by atoms with van der Waals surface area (Å²) in [6, 6.07) is 2.22. The molecule has 4 nitrogen and oxygen atoms in total. The molecule has 2 N–H and O–H groups in total. The normalized spacial score (nSPS) is 21.0. The van der Waals surface area contributed by atoms with Gasteiger partial charge in [-0.2, -0.15) is 0 Å². The minimum absolute atomic E-state index is 0.0933. The van der Waals surface area contributed by atoms with Crippen molar-refractivity contribution >= 4 is 33.1 Å². The maximum atomic E-state index is 12.9. The van der Waals surface area contributed by atoms with Crippen LogP contribution in [-0.2, 0) is 12.8 Å².